The van der Waals surface area contributed by atoms with E-state index in [1.165, 1.54) is 0 Å². The van der Waals surface area contributed by atoms with E-state index in [1.807, 2.05) is 12.1 Å². The molecule has 0 saturated carbocycles. The van der Waals surface area contributed by atoms with Crippen LogP contribution in [0.3, 0.4) is 0 Å². The maximum absolute atomic E-state index is 10.7. The van der Waals surface area contributed by atoms with Crippen molar-refractivity contribution in [1.82, 2.24) is 4.98 Å². The normalized spacial score (nSPS) is 12.3. The highest BCUT2D eigenvalue weighted by molar-refractivity contribution is 6.74. The van der Waals surface area contributed by atoms with Crippen molar-refractivity contribution in [3.05, 3.63) is 36.0 Å². The fourth-order valence-corrected chi connectivity index (χ4v) is 3.24. The molecule has 142 valence electrons. The molecule has 6 nitrogen and oxygen atoms in total. The number of aromatic nitrogens is 1. The van der Waals surface area contributed by atoms with Gasteiger partial charge in [0.25, 0.3) is 0 Å². The van der Waals surface area contributed by atoms with Gasteiger partial charge in [-0.3, -0.25) is 10.3 Å². The molecule has 0 unspecified atom stereocenters. The summed E-state index contributed by atoms with van der Waals surface area (Å²) >= 11 is 0. The maximum atomic E-state index is 10.7. The summed E-state index contributed by atoms with van der Waals surface area (Å²) in [5.74, 6) is 0. The van der Waals surface area contributed by atoms with Gasteiger partial charge in [-0.1, -0.05) is 26.8 Å². The van der Waals surface area contributed by atoms with Gasteiger partial charge < -0.3 is 14.3 Å². The third-order valence-electron chi connectivity index (χ3n) is 4.76. The van der Waals surface area contributed by atoms with Crippen LogP contribution in [0.5, 0.6) is 0 Å². The minimum atomic E-state index is -1.73. The van der Waals surface area contributed by atoms with Crippen LogP contribution in [0.1, 0.15) is 26.3 Å². The topological polar surface area (TPSA) is 80.7 Å². The van der Waals surface area contributed by atoms with Crippen molar-refractivity contribution in [1.29, 1.82) is 0 Å². The number of fused-ring (bicyclic) bond motifs is 1. The van der Waals surface area contributed by atoms with Gasteiger partial charge in [-0.05, 0) is 41.9 Å². The van der Waals surface area contributed by atoms with E-state index in [4.69, 9.17) is 14.3 Å². The number of benzene rings is 1. The molecule has 7 heteroatoms. The Morgan fingerprint density at radius 1 is 1.23 bits per heavy atom. The van der Waals surface area contributed by atoms with Crippen LogP contribution >= 0.6 is 0 Å². The predicted octanol–water partition coefficient (Wildman–Crippen LogP) is 4.86. The maximum Gasteiger partial charge on any atom is 0.409 e. The summed E-state index contributed by atoms with van der Waals surface area (Å²) in [4.78, 5) is 15.1. The molecule has 0 aliphatic heterocycles. The first-order chi connectivity index (χ1) is 12.1. The monoisotopic (exact) mass is 376 g/mol. The summed E-state index contributed by atoms with van der Waals surface area (Å²) in [6, 6.07) is 7.27. The molecule has 0 bridgehead atoms. The summed E-state index contributed by atoms with van der Waals surface area (Å²) < 4.78 is 11.8. The highest BCUT2D eigenvalue weighted by Crippen LogP contribution is 2.36. The summed E-state index contributed by atoms with van der Waals surface area (Å²) in [5.41, 5.74) is 2.22. The van der Waals surface area contributed by atoms with E-state index in [2.05, 4.69) is 44.2 Å². The van der Waals surface area contributed by atoms with Crippen LogP contribution in [0.2, 0.25) is 18.1 Å². The number of pyridine rings is 1. The first-order valence-electron chi connectivity index (χ1n) is 8.69. The Balaban J connectivity index is 1.86. The van der Waals surface area contributed by atoms with E-state index in [1.54, 1.807) is 18.3 Å². The molecule has 1 aromatic heterocycles. The van der Waals surface area contributed by atoms with E-state index in [0.29, 0.717) is 25.5 Å². The molecular weight excluding hydrogens is 348 g/mol. The third-order valence-corrected chi connectivity index (χ3v) is 9.30. The largest absolute Gasteiger partial charge is 0.465 e. The van der Waals surface area contributed by atoms with E-state index in [0.717, 1.165) is 16.5 Å². The zero-order chi connectivity index (χ0) is 19.4. The minimum Gasteiger partial charge on any atom is -0.465 e. The van der Waals surface area contributed by atoms with Gasteiger partial charge in [0.15, 0.2) is 8.32 Å². The van der Waals surface area contributed by atoms with E-state index in [9.17, 15) is 4.79 Å². The van der Waals surface area contributed by atoms with Crippen molar-refractivity contribution in [2.45, 2.75) is 45.5 Å². The molecular formula is C19H28N2O4Si. The molecule has 0 spiro atoms. The van der Waals surface area contributed by atoms with Crippen LogP contribution < -0.4 is 5.32 Å². The molecule has 2 N–H and O–H groups in total. The molecule has 1 amide bonds. The van der Waals surface area contributed by atoms with Gasteiger partial charge >= 0.3 is 6.09 Å². The first-order valence-corrected chi connectivity index (χ1v) is 11.6. The molecule has 1 aromatic carbocycles. The smallest absolute Gasteiger partial charge is 0.409 e. The van der Waals surface area contributed by atoms with Gasteiger partial charge in [0.1, 0.15) is 0 Å². The lowest BCUT2D eigenvalue weighted by atomic mass is 10.1. The van der Waals surface area contributed by atoms with Crippen molar-refractivity contribution in [3.63, 3.8) is 0 Å². The van der Waals surface area contributed by atoms with Crippen LogP contribution in [0.4, 0.5) is 10.5 Å². The van der Waals surface area contributed by atoms with Crippen molar-refractivity contribution >= 4 is 31.0 Å². The zero-order valence-corrected chi connectivity index (χ0v) is 17.1. The lowest BCUT2D eigenvalue weighted by molar-refractivity contribution is 0.0845. The van der Waals surface area contributed by atoms with Crippen LogP contribution in [-0.2, 0) is 15.8 Å². The molecule has 2 aromatic rings. The standard InChI is InChI=1S/C19H28N2O4Si/c1-19(2,3)26(4,5)25-9-8-24-13-14-10-15-6-7-16(21-18(22)23)11-17(15)20-12-14/h6-7,10-12,21H,8-9,13H2,1-5H3,(H,22,23). The second-order valence-corrected chi connectivity index (χ2v) is 12.7. The van der Waals surface area contributed by atoms with Crippen molar-refractivity contribution < 1.29 is 19.1 Å². The Morgan fingerprint density at radius 2 is 1.96 bits per heavy atom. The van der Waals surface area contributed by atoms with Gasteiger partial charge in [-0.15, -0.1) is 0 Å². The number of amides is 1. The number of nitrogens with zero attached hydrogens (tertiary/aromatic N) is 1. The van der Waals surface area contributed by atoms with Crippen molar-refractivity contribution in [3.8, 4) is 0 Å². The molecule has 2 rings (SSSR count). The molecule has 0 aliphatic carbocycles. The summed E-state index contributed by atoms with van der Waals surface area (Å²) in [5, 5.41) is 12.2. The predicted molar refractivity (Wildman–Crippen MR) is 106 cm³/mol. The SMILES string of the molecule is CC(C)(C)[Si](C)(C)OCCOCc1cnc2cc(NC(=O)O)ccc2c1. The third kappa shape index (κ3) is 5.52. The Labute approximate surface area is 155 Å². The molecule has 0 aliphatic rings. The highest BCUT2D eigenvalue weighted by atomic mass is 28.4. The van der Waals surface area contributed by atoms with Crippen molar-refractivity contribution in [2.75, 3.05) is 18.5 Å². The van der Waals surface area contributed by atoms with E-state index < -0.39 is 14.4 Å². The quantitative estimate of drug-likeness (QED) is 0.532. The van der Waals surface area contributed by atoms with Gasteiger partial charge in [0, 0.05) is 17.3 Å². The first kappa shape index (κ1) is 20.4. The van der Waals surface area contributed by atoms with Crippen molar-refractivity contribution in [2.24, 2.45) is 0 Å². The molecule has 0 atom stereocenters. The number of carbonyl (C=O) groups is 1. The average molecular weight is 377 g/mol. The fraction of sp³-hybridized carbons (Fsp3) is 0.474. The Kier molecular flexibility index (Phi) is 6.38. The number of nitrogens with one attached hydrogen (secondary N) is 1. The van der Waals surface area contributed by atoms with Crippen LogP contribution in [0, 0.1) is 0 Å². The van der Waals surface area contributed by atoms with Gasteiger partial charge in [-0.2, -0.15) is 0 Å². The molecule has 0 saturated heterocycles. The number of rotatable bonds is 7. The van der Waals surface area contributed by atoms with Crippen LogP contribution in [0.15, 0.2) is 30.5 Å². The molecule has 1 heterocycles. The number of carboxylic acid groups (broad SMARTS) is 1. The van der Waals surface area contributed by atoms with Gasteiger partial charge in [0.05, 0.1) is 25.3 Å². The summed E-state index contributed by atoms with van der Waals surface area (Å²) in [6.45, 7) is 12.7. The number of hydrogen-bond acceptors (Lipinski definition) is 4. The minimum absolute atomic E-state index is 0.198. The van der Waals surface area contributed by atoms with E-state index >= 15 is 0 Å². The Bertz CT molecular complexity index is 772. The lowest BCUT2D eigenvalue weighted by Gasteiger charge is -2.36. The second kappa shape index (κ2) is 8.16. The molecule has 0 radical (unpaired) electrons. The number of ether oxygens (including phenoxy) is 1. The second-order valence-electron chi connectivity index (χ2n) is 7.84. The average Bonchev–Trinajstić information content (AvgIpc) is 2.53. The molecule has 26 heavy (non-hydrogen) atoms. The summed E-state index contributed by atoms with van der Waals surface area (Å²) in [6.07, 6.45) is 0.663. The van der Waals surface area contributed by atoms with Gasteiger partial charge in [0.2, 0.25) is 0 Å². The fourth-order valence-electron chi connectivity index (χ4n) is 2.21. The summed E-state index contributed by atoms with van der Waals surface area (Å²) in [7, 11) is -1.73. The number of hydrogen-bond donors (Lipinski definition) is 2. The van der Waals surface area contributed by atoms with Crippen LogP contribution in [0.25, 0.3) is 10.9 Å². The zero-order valence-electron chi connectivity index (χ0n) is 16.1. The lowest BCUT2D eigenvalue weighted by Crippen LogP contribution is -2.41. The van der Waals surface area contributed by atoms with E-state index in [-0.39, 0.29) is 5.04 Å². The highest BCUT2D eigenvalue weighted by Gasteiger charge is 2.36. The number of anilines is 1. The van der Waals surface area contributed by atoms with Crippen LogP contribution in [-0.4, -0.2) is 37.7 Å². The Hall–Kier alpha value is -1.96. The molecule has 0 fully saturated rings. The van der Waals surface area contributed by atoms with Gasteiger partial charge in [-0.25, -0.2) is 4.79 Å². The Morgan fingerprint density at radius 3 is 2.62 bits per heavy atom.